The molecule has 1 N–H and O–H groups in total. The van der Waals surface area contributed by atoms with Crippen LogP contribution in [0.5, 0.6) is 0 Å². The van der Waals surface area contributed by atoms with Gasteiger partial charge < -0.3 is 10.1 Å². The topological polar surface area (TPSA) is 34.1 Å². The maximum absolute atomic E-state index is 5.35. The van der Waals surface area contributed by atoms with Crippen LogP contribution < -0.4 is 5.32 Å². The predicted octanol–water partition coefficient (Wildman–Crippen LogP) is 1.50. The van der Waals surface area contributed by atoms with E-state index in [0.717, 1.165) is 23.3 Å². The molecule has 1 fully saturated rings. The van der Waals surface area contributed by atoms with Crippen molar-refractivity contribution in [3.63, 3.8) is 0 Å². The van der Waals surface area contributed by atoms with Crippen molar-refractivity contribution in [2.24, 2.45) is 0 Å². The number of pyridine rings is 1. The fourth-order valence-corrected chi connectivity index (χ4v) is 1.58. The summed E-state index contributed by atoms with van der Waals surface area (Å²) >= 11 is 3.36. The maximum atomic E-state index is 5.35. The average molecular weight is 243 g/mol. The highest BCUT2D eigenvalue weighted by Gasteiger charge is 2.15. The molecule has 2 rings (SSSR count). The Balaban J connectivity index is 2.10. The van der Waals surface area contributed by atoms with E-state index < -0.39 is 0 Å². The number of hydrogen-bond acceptors (Lipinski definition) is 3. The Bertz CT molecular complexity index is 269. The quantitative estimate of drug-likeness (QED) is 0.811. The Morgan fingerprint density at radius 2 is 2.46 bits per heavy atom. The van der Waals surface area contributed by atoms with Crippen LogP contribution in [0.1, 0.15) is 11.7 Å². The largest absolute Gasteiger partial charge is 0.378 e. The number of nitrogens with one attached hydrogen (secondary N) is 1. The van der Waals surface area contributed by atoms with E-state index >= 15 is 0 Å². The minimum absolute atomic E-state index is 0.252. The smallest absolute Gasteiger partial charge is 0.0733 e. The number of ether oxygens (including phenoxy) is 1. The molecular weight excluding hydrogens is 232 g/mol. The maximum Gasteiger partial charge on any atom is 0.0733 e. The third kappa shape index (κ3) is 2.27. The monoisotopic (exact) mass is 242 g/mol. The summed E-state index contributed by atoms with van der Waals surface area (Å²) in [5.74, 6) is 0. The van der Waals surface area contributed by atoms with Crippen LogP contribution in [0.2, 0.25) is 0 Å². The molecule has 1 aromatic rings. The van der Waals surface area contributed by atoms with E-state index in [1.165, 1.54) is 0 Å². The van der Waals surface area contributed by atoms with Gasteiger partial charge in [-0.3, -0.25) is 4.98 Å². The zero-order valence-electron chi connectivity index (χ0n) is 7.16. The molecule has 0 saturated carbocycles. The Kier molecular flexibility index (Phi) is 2.93. The van der Waals surface area contributed by atoms with Crippen molar-refractivity contribution in [1.29, 1.82) is 0 Å². The highest BCUT2D eigenvalue weighted by atomic mass is 79.9. The van der Waals surface area contributed by atoms with E-state index in [1.807, 2.05) is 18.3 Å². The summed E-state index contributed by atoms with van der Waals surface area (Å²) in [5.41, 5.74) is 1.04. The van der Waals surface area contributed by atoms with Gasteiger partial charge >= 0.3 is 0 Å². The molecule has 0 aliphatic carbocycles. The highest BCUT2D eigenvalue weighted by molar-refractivity contribution is 9.10. The van der Waals surface area contributed by atoms with Crippen molar-refractivity contribution >= 4 is 15.9 Å². The molecule has 13 heavy (non-hydrogen) atoms. The van der Waals surface area contributed by atoms with E-state index in [0.29, 0.717) is 6.61 Å². The third-order valence-corrected chi connectivity index (χ3v) is 2.50. The predicted molar refractivity (Wildman–Crippen MR) is 53.5 cm³/mol. The van der Waals surface area contributed by atoms with Crippen LogP contribution in [-0.2, 0) is 4.74 Å². The number of morpholine rings is 1. The van der Waals surface area contributed by atoms with Crippen LogP contribution in [0.3, 0.4) is 0 Å². The van der Waals surface area contributed by atoms with Gasteiger partial charge in [0, 0.05) is 17.2 Å². The highest BCUT2D eigenvalue weighted by Crippen LogP contribution is 2.15. The van der Waals surface area contributed by atoms with Crippen LogP contribution in [-0.4, -0.2) is 24.7 Å². The van der Waals surface area contributed by atoms with Gasteiger partial charge in [-0.05, 0) is 28.1 Å². The van der Waals surface area contributed by atoms with Crippen LogP contribution in [0.4, 0.5) is 0 Å². The number of hydrogen-bond donors (Lipinski definition) is 1. The van der Waals surface area contributed by atoms with E-state index in [1.54, 1.807) is 0 Å². The van der Waals surface area contributed by atoms with Gasteiger partial charge in [-0.2, -0.15) is 0 Å². The third-order valence-electron chi connectivity index (χ3n) is 2.03. The van der Waals surface area contributed by atoms with Crippen LogP contribution >= 0.6 is 15.9 Å². The molecule has 1 saturated heterocycles. The van der Waals surface area contributed by atoms with Gasteiger partial charge in [0.15, 0.2) is 0 Å². The Hall–Kier alpha value is -0.450. The number of aromatic nitrogens is 1. The second-order valence-corrected chi connectivity index (χ2v) is 3.90. The first kappa shape index (κ1) is 9.12. The number of nitrogens with zero attached hydrogens (tertiary/aromatic N) is 1. The first-order chi connectivity index (χ1) is 6.36. The van der Waals surface area contributed by atoms with Gasteiger partial charge in [-0.25, -0.2) is 0 Å². The Morgan fingerprint density at radius 3 is 3.08 bits per heavy atom. The molecule has 3 nitrogen and oxygen atoms in total. The molecule has 0 unspecified atom stereocenters. The molecular formula is C9H11BrN2O. The molecule has 4 heteroatoms. The zero-order chi connectivity index (χ0) is 9.10. The van der Waals surface area contributed by atoms with Crippen LogP contribution in [0.15, 0.2) is 22.8 Å². The Morgan fingerprint density at radius 1 is 1.54 bits per heavy atom. The first-order valence-corrected chi connectivity index (χ1v) is 5.08. The molecule has 2 heterocycles. The lowest BCUT2D eigenvalue weighted by Gasteiger charge is -2.23. The fourth-order valence-electron chi connectivity index (χ4n) is 1.35. The van der Waals surface area contributed by atoms with Gasteiger partial charge in [0.05, 0.1) is 24.9 Å². The second-order valence-electron chi connectivity index (χ2n) is 2.98. The fraction of sp³-hybridized carbons (Fsp3) is 0.444. The SMILES string of the molecule is Brc1ccc([C@H]2COCCN2)nc1. The van der Waals surface area contributed by atoms with Crippen molar-refractivity contribution in [3.05, 3.63) is 28.5 Å². The molecule has 0 amide bonds. The molecule has 1 aromatic heterocycles. The van der Waals surface area contributed by atoms with E-state index in [-0.39, 0.29) is 6.04 Å². The molecule has 0 bridgehead atoms. The zero-order valence-corrected chi connectivity index (χ0v) is 8.75. The second kappa shape index (κ2) is 4.17. The molecule has 1 atom stereocenters. The molecule has 1 aliphatic heterocycles. The standard InChI is InChI=1S/C9H11BrN2O/c10-7-1-2-8(12-5-7)9-6-13-4-3-11-9/h1-2,5,9,11H,3-4,6H2/t9-/m1/s1. The van der Waals surface area contributed by atoms with Gasteiger partial charge in [0.25, 0.3) is 0 Å². The van der Waals surface area contributed by atoms with Crippen molar-refractivity contribution in [2.75, 3.05) is 19.8 Å². The molecule has 0 aromatic carbocycles. The molecule has 1 aliphatic rings. The lowest BCUT2D eigenvalue weighted by atomic mass is 10.2. The summed E-state index contributed by atoms with van der Waals surface area (Å²) < 4.78 is 6.36. The minimum Gasteiger partial charge on any atom is -0.378 e. The normalized spacial score (nSPS) is 23.0. The van der Waals surface area contributed by atoms with E-state index in [2.05, 4.69) is 26.2 Å². The minimum atomic E-state index is 0.252. The number of halogens is 1. The van der Waals surface area contributed by atoms with Gasteiger partial charge in [-0.1, -0.05) is 0 Å². The molecule has 0 radical (unpaired) electrons. The van der Waals surface area contributed by atoms with Crippen LogP contribution in [0, 0.1) is 0 Å². The lowest BCUT2D eigenvalue weighted by Crippen LogP contribution is -2.34. The summed E-state index contributed by atoms with van der Waals surface area (Å²) in [6.45, 7) is 2.42. The lowest BCUT2D eigenvalue weighted by molar-refractivity contribution is 0.0756. The van der Waals surface area contributed by atoms with Gasteiger partial charge in [0.2, 0.25) is 0 Å². The summed E-state index contributed by atoms with van der Waals surface area (Å²) in [4.78, 5) is 4.31. The van der Waals surface area contributed by atoms with Gasteiger partial charge in [-0.15, -0.1) is 0 Å². The summed E-state index contributed by atoms with van der Waals surface area (Å²) in [6.07, 6.45) is 1.81. The average Bonchev–Trinajstić information content (AvgIpc) is 2.20. The molecule has 0 spiro atoms. The van der Waals surface area contributed by atoms with Crippen molar-refractivity contribution in [2.45, 2.75) is 6.04 Å². The van der Waals surface area contributed by atoms with Crippen molar-refractivity contribution < 1.29 is 4.74 Å². The van der Waals surface area contributed by atoms with Gasteiger partial charge in [0.1, 0.15) is 0 Å². The first-order valence-electron chi connectivity index (χ1n) is 4.29. The van der Waals surface area contributed by atoms with E-state index in [9.17, 15) is 0 Å². The van der Waals surface area contributed by atoms with Crippen molar-refractivity contribution in [3.8, 4) is 0 Å². The summed E-state index contributed by atoms with van der Waals surface area (Å²) in [6, 6.07) is 4.26. The summed E-state index contributed by atoms with van der Waals surface area (Å²) in [5, 5.41) is 3.35. The van der Waals surface area contributed by atoms with Crippen LogP contribution in [0.25, 0.3) is 0 Å². The summed E-state index contributed by atoms with van der Waals surface area (Å²) in [7, 11) is 0. The Labute approximate surface area is 85.6 Å². The van der Waals surface area contributed by atoms with Crippen molar-refractivity contribution in [1.82, 2.24) is 10.3 Å². The van der Waals surface area contributed by atoms with E-state index in [4.69, 9.17) is 4.74 Å². The molecule has 70 valence electrons. The number of rotatable bonds is 1.